The molecule has 4 nitrogen and oxygen atoms in total. The molecule has 16 heavy (non-hydrogen) atoms. The summed E-state index contributed by atoms with van der Waals surface area (Å²) in [5, 5.41) is 27.9. The van der Waals surface area contributed by atoms with Gasteiger partial charge >= 0.3 is 0 Å². The van der Waals surface area contributed by atoms with E-state index in [1.54, 1.807) is 11.0 Å². The average Bonchev–Trinajstić information content (AvgIpc) is 2.58. The Morgan fingerprint density at radius 2 is 1.88 bits per heavy atom. The van der Waals surface area contributed by atoms with Gasteiger partial charge in [0.15, 0.2) is 0 Å². The lowest BCUT2D eigenvalue weighted by Crippen LogP contribution is -2.23. The Morgan fingerprint density at radius 3 is 2.44 bits per heavy atom. The van der Waals surface area contributed by atoms with Crippen molar-refractivity contribution in [3.05, 3.63) is 29.6 Å². The van der Waals surface area contributed by atoms with Crippen LogP contribution in [-0.2, 0) is 6.61 Å². The summed E-state index contributed by atoms with van der Waals surface area (Å²) in [6, 6.07) is 4.44. The maximum Gasteiger partial charge on any atom is 0.146 e. The quantitative estimate of drug-likeness (QED) is 0.658. The third-order valence-electron chi connectivity index (χ3n) is 2.82. The number of β-amino-alcohol motifs (C(OH)–C–C–N with tert-alkyl or cyclic N) is 2. The minimum atomic E-state index is -0.869. The summed E-state index contributed by atoms with van der Waals surface area (Å²) in [5.74, 6) is -0.451. The molecule has 0 amide bonds. The van der Waals surface area contributed by atoms with E-state index >= 15 is 0 Å². The summed E-state index contributed by atoms with van der Waals surface area (Å²) >= 11 is 0. The number of nitrogens with zero attached hydrogens (tertiary/aromatic N) is 1. The van der Waals surface area contributed by atoms with Crippen molar-refractivity contribution in [2.45, 2.75) is 18.8 Å². The van der Waals surface area contributed by atoms with E-state index in [1.807, 2.05) is 0 Å². The molecule has 0 aromatic heterocycles. The number of para-hydroxylation sites is 1. The van der Waals surface area contributed by atoms with Gasteiger partial charge in [0.05, 0.1) is 24.5 Å². The summed E-state index contributed by atoms with van der Waals surface area (Å²) in [5.41, 5.74) is 0.724. The summed E-state index contributed by atoms with van der Waals surface area (Å²) in [6.07, 6.45) is -1.74. The number of aliphatic hydroxyl groups is 3. The van der Waals surface area contributed by atoms with E-state index in [0.717, 1.165) is 0 Å². The van der Waals surface area contributed by atoms with E-state index in [1.165, 1.54) is 12.1 Å². The molecule has 1 aromatic carbocycles. The van der Waals surface area contributed by atoms with Crippen LogP contribution >= 0.6 is 0 Å². The van der Waals surface area contributed by atoms with Crippen molar-refractivity contribution in [1.29, 1.82) is 0 Å². The van der Waals surface area contributed by atoms with Crippen molar-refractivity contribution >= 4 is 5.69 Å². The molecular formula is C11H14FNO3. The molecule has 88 valence electrons. The second-order valence-corrected chi connectivity index (χ2v) is 3.95. The van der Waals surface area contributed by atoms with Crippen LogP contribution in [0.3, 0.4) is 0 Å². The molecule has 0 radical (unpaired) electrons. The third kappa shape index (κ3) is 1.89. The molecule has 5 heteroatoms. The molecule has 1 aliphatic heterocycles. The first-order chi connectivity index (χ1) is 7.63. The predicted octanol–water partition coefficient (Wildman–Crippen LogP) is -0.140. The second kappa shape index (κ2) is 4.37. The highest BCUT2D eigenvalue weighted by atomic mass is 19.1. The molecule has 1 fully saturated rings. The minimum Gasteiger partial charge on any atom is -0.392 e. The van der Waals surface area contributed by atoms with Gasteiger partial charge in [-0.05, 0) is 6.07 Å². The van der Waals surface area contributed by atoms with Crippen molar-refractivity contribution in [3.8, 4) is 0 Å². The highest BCUT2D eigenvalue weighted by Gasteiger charge is 2.31. The van der Waals surface area contributed by atoms with Crippen LogP contribution in [0.15, 0.2) is 18.2 Å². The zero-order valence-electron chi connectivity index (χ0n) is 8.67. The van der Waals surface area contributed by atoms with Gasteiger partial charge in [-0.25, -0.2) is 4.39 Å². The van der Waals surface area contributed by atoms with Crippen LogP contribution in [0.5, 0.6) is 0 Å². The van der Waals surface area contributed by atoms with E-state index < -0.39 is 18.0 Å². The van der Waals surface area contributed by atoms with E-state index in [-0.39, 0.29) is 25.4 Å². The van der Waals surface area contributed by atoms with Gasteiger partial charge in [-0.1, -0.05) is 12.1 Å². The van der Waals surface area contributed by atoms with Crippen LogP contribution in [0, 0.1) is 5.82 Å². The molecular weight excluding hydrogens is 213 g/mol. The lowest BCUT2D eigenvalue weighted by Gasteiger charge is -2.21. The SMILES string of the molecule is OCc1cccc(F)c1N1CC(O)C(O)C1. The van der Waals surface area contributed by atoms with Crippen molar-refractivity contribution in [2.75, 3.05) is 18.0 Å². The maximum atomic E-state index is 13.6. The number of hydrogen-bond acceptors (Lipinski definition) is 4. The van der Waals surface area contributed by atoms with Gasteiger partial charge in [-0.2, -0.15) is 0 Å². The molecule has 1 aromatic rings. The number of aliphatic hydroxyl groups excluding tert-OH is 3. The van der Waals surface area contributed by atoms with Crippen LogP contribution in [0.2, 0.25) is 0 Å². The molecule has 2 unspecified atom stereocenters. The van der Waals surface area contributed by atoms with E-state index in [0.29, 0.717) is 5.56 Å². The van der Waals surface area contributed by atoms with Crippen molar-refractivity contribution in [1.82, 2.24) is 0 Å². The van der Waals surface area contributed by atoms with Gasteiger partial charge in [0.2, 0.25) is 0 Å². The summed E-state index contributed by atoms with van der Waals surface area (Å²) < 4.78 is 13.6. The van der Waals surface area contributed by atoms with Crippen molar-refractivity contribution in [2.24, 2.45) is 0 Å². The lowest BCUT2D eigenvalue weighted by molar-refractivity contribution is 0.0572. The molecule has 1 saturated heterocycles. The van der Waals surface area contributed by atoms with E-state index in [4.69, 9.17) is 5.11 Å². The minimum absolute atomic E-state index is 0.176. The molecule has 1 aliphatic rings. The molecule has 3 N–H and O–H groups in total. The first kappa shape index (κ1) is 11.3. The summed E-state index contributed by atoms with van der Waals surface area (Å²) in [6.45, 7) is 0.0833. The van der Waals surface area contributed by atoms with Gasteiger partial charge in [0.1, 0.15) is 5.82 Å². The predicted molar refractivity (Wildman–Crippen MR) is 56.5 cm³/mol. The van der Waals surface area contributed by atoms with Crippen molar-refractivity contribution < 1.29 is 19.7 Å². The van der Waals surface area contributed by atoms with Crippen molar-refractivity contribution in [3.63, 3.8) is 0 Å². The number of hydrogen-bond donors (Lipinski definition) is 3. The van der Waals surface area contributed by atoms with Gasteiger partial charge in [0, 0.05) is 18.7 Å². The van der Waals surface area contributed by atoms with E-state index in [9.17, 15) is 14.6 Å². The van der Waals surface area contributed by atoms with E-state index in [2.05, 4.69) is 0 Å². The Kier molecular flexibility index (Phi) is 3.09. The number of benzene rings is 1. The Hall–Kier alpha value is -1.17. The molecule has 1 heterocycles. The Bertz CT molecular complexity index is 375. The van der Waals surface area contributed by atoms with Gasteiger partial charge < -0.3 is 20.2 Å². The molecule has 0 saturated carbocycles. The Labute approximate surface area is 92.6 Å². The normalized spacial score (nSPS) is 25.1. The van der Waals surface area contributed by atoms with Crippen LogP contribution < -0.4 is 4.90 Å². The average molecular weight is 227 g/mol. The molecule has 2 rings (SSSR count). The third-order valence-corrected chi connectivity index (χ3v) is 2.82. The highest BCUT2D eigenvalue weighted by Crippen LogP contribution is 2.28. The molecule has 0 bridgehead atoms. The van der Waals surface area contributed by atoms with Crippen LogP contribution in [0.1, 0.15) is 5.56 Å². The van der Waals surface area contributed by atoms with Gasteiger partial charge in [-0.3, -0.25) is 0 Å². The zero-order valence-corrected chi connectivity index (χ0v) is 8.67. The topological polar surface area (TPSA) is 63.9 Å². The number of anilines is 1. The van der Waals surface area contributed by atoms with Gasteiger partial charge in [-0.15, -0.1) is 0 Å². The first-order valence-corrected chi connectivity index (χ1v) is 5.13. The number of halogens is 1. The summed E-state index contributed by atoms with van der Waals surface area (Å²) in [4.78, 5) is 1.55. The Morgan fingerprint density at radius 1 is 1.25 bits per heavy atom. The standard InChI is InChI=1S/C11H14FNO3/c12-8-3-1-2-7(6-14)11(8)13-4-9(15)10(16)5-13/h1-3,9-10,14-16H,4-6H2. The molecule has 0 spiro atoms. The fraction of sp³-hybridized carbons (Fsp3) is 0.455. The smallest absolute Gasteiger partial charge is 0.146 e. The Balaban J connectivity index is 2.33. The van der Waals surface area contributed by atoms with Crippen LogP contribution in [0.25, 0.3) is 0 Å². The number of rotatable bonds is 2. The highest BCUT2D eigenvalue weighted by molar-refractivity contribution is 5.55. The van der Waals surface area contributed by atoms with Crippen LogP contribution in [-0.4, -0.2) is 40.6 Å². The van der Waals surface area contributed by atoms with Crippen LogP contribution in [0.4, 0.5) is 10.1 Å². The molecule has 2 atom stereocenters. The second-order valence-electron chi connectivity index (χ2n) is 3.95. The lowest BCUT2D eigenvalue weighted by atomic mass is 10.1. The fourth-order valence-corrected chi connectivity index (χ4v) is 1.99. The fourth-order valence-electron chi connectivity index (χ4n) is 1.99. The first-order valence-electron chi connectivity index (χ1n) is 5.13. The maximum absolute atomic E-state index is 13.6. The van der Waals surface area contributed by atoms with Gasteiger partial charge in [0.25, 0.3) is 0 Å². The summed E-state index contributed by atoms with van der Waals surface area (Å²) in [7, 11) is 0. The zero-order chi connectivity index (χ0) is 11.7. The largest absolute Gasteiger partial charge is 0.392 e. The molecule has 0 aliphatic carbocycles. The monoisotopic (exact) mass is 227 g/mol.